The van der Waals surface area contributed by atoms with E-state index in [0.29, 0.717) is 13.1 Å². The summed E-state index contributed by atoms with van der Waals surface area (Å²) in [4.78, 5) is 26.5. The van der Waals surface area contributed by atoms with Gasteiger partial charge in [0.2, 0.25) is 5.91 Å². The van der Waals surface area contributed by atoms with E-state index in [9.17, 15) is 18.0 Å². The average Bonchev–Trinajstić information content (AvgIpc) is 2.84. The van der Waals surface area contributed by atoms with Gasteiger partial charge in [-0.1, -0.05) is 30.3 Å². The summed E-state index contributed by atoms with van der Waals surface area (Å²) in [5, 5.41) is 0. The Bertz CT molecular complexity index is 1070. The molecule has 2 aromatic carbocycles. The Morgan fingerprint density at radius 1 is 1.07 bits per heavy atom. The van der Waals surface area contributed by atoms with E-state index >= 15 is 0 Å². The van der Waals surface area contributed by atoms with Crippen molar-refractivity contribution in [3.63, 3.8) is 0 Å². The third-order valence-corrected chi connectivity index (χ3v) is 7.18. The van der Waals surface area contributed by atoms with Gasteiger partial charge in [-0.15, -0.1) is 0 Å². The smallest absolute Gasteiger partial charge is 0.269 e. The van der Waals surface area contributed by atoms with Gasteiger partial charge < -0.3 is 9.64 Å². The topological polar surface area (TPSA) is 84.0 Å². The first-order valence-electron chi connectivity index (χ1n) is 9.46. The van der Waals surface area contributed by atoms with E-state index in [1.807, 2.05) is 32.0 Å². The number of likely N-dealkylation sites (tertiary alicyclic amines) is 1. The minimum Gasteiger partial charge on any atom is -0.486 e. The molecule has 7 nitrogen and oxygen atoms in total. The maximum atomic E-state index is 12.5. The monoisotopic (exact) mass is 414 g/mol. The first kappa shape index (κ1) is 19.4. The van der Waals surface area contributed by atoms with Crippen molar-refractivity contribution in [2.24, 2.45) is 0 Å². The summed E-state index contributed by atoms with van der Waals surface area (Å²) >= 11 is 0. The molecule has 0 aromatic heterocycles. The van der Waals surface area contributed by atoms with Crippen LogP contribution in [0.25, 0.3) is 0 Å². The number of nitrogens with zero attached hydrogens (tertiary/aromatic N) is 2. The predicted octanol–water partition coefficient (Wildman–Crippen LogP) is 2.13. The van der Waals surface area contributed by atoms with Crippen LogP contribution in [0.4, 0.5) is 0 Å². The van der Waals surface area contributed by atoms with E-state index in [2.05, 4.69) is 0 Å². The van der Waals surface area contributed by atoms with Crippen LogP contribution in [0.2, 0.25) is 0 Å². The lowest BCUT2D eigenvalue weighted by molar-refractivity contribution is -0.140. The standard InChI is InChI=1S/C21H22N2O5S/c1-14-6-5-7-15(2)20(14)28-16-12-22(13-16)19(24)10-11-23-21(25)17-8-3-4-9-18(17)29(23,26)27/h3-9,16H,10-13H2,1-2H3. The largest absolute Gasteiger partial charge is 0.486 e. The molecule has 152 valence electrons. The molecule has 0 bridgehead atoms. The van der Waals surface area contributed by atoms with Gasteiger partial charge in [0.25, 0.3) is 15.9 Å². The molecule has 1 fully saturated rings. The number of sulfonamides is 1. The minimum atomic E-state index is -3.88. The molecular weight excluding hydrogens is 392 g/mol. The maximum absolute atomic E-state index is 12.5. The molecule has 0 atom stereocenters. The van der Waals surface area contributed by atoms with Crippen molar-refractivity contribution in [2.45, 2.75) is 31.3 Å². The summed E-state index contributed by atoms with van der Waals surface area (Å²) in [6, 6.07) is 12.0. The number of ether oxygens (including phenoxy) is 1. The number of benzene rings is 2. The molecule has 8 heteroatoms. The molecule has 2 heterocycles. The molecular formula is C21H22N2O5S. The highest BCUT2D eigenvalue weighted by molar-refractivity contribution is 7.90. The molecule has 0 unspecified atom stereocenters. The van der Waals surface area contributed by atoms with Gasteiger partial charge in [-0.3, -0.25) is 9.59 Å². The van der Waals surface area contributed by atoms with Crippen LogP contribution in [0, 0.1) is 13.8 Å². The molecule has 2 aliphatic heterocycles. The van der Waals surface area contributed by atoms with Crippen LogP contribution in [-0.2, 0) is 14.8 Å². The molecule has 1 saturated heterocycles. The fourth-order valence-electron chi connectivity index (χ4n) is 3.68. The molecule has 0 N–H and O–H groups in total. The highest BCUT2D eigenvalue weighted by atomic mass is 32.2. The number of para-hydroxylation sites is 1. The predicted molar refractivity (Wildman–Crippen MR) is 106 cm³/mol. The van der Waals surface area contributed by atoms with Crippen LogP contribution >= 0.6 is 0 Å². The van der Waals surface area contributed by atoms with Crippen LogP contribution in [0.5, 0.6) is 5.75 Å². The molecule has 2 aromatic rings. The van der Waals surface area contributed by atoms with Gasteiger partial charge >= 0.3 is 0 Å². The van der Waals surface area contributed by atoms with Gasteiger partial charge in [-0.25, -0.2) is 12.7 Å². The van der Waals surface area contributed by atoms with Crippen molar-refractivity contribution in [1.82, 2.24) is 9.21 Å². The highest BCUT2D eigenvalue weighted by Crippen LogP contribution is 2.30. The molecule has 0 saturated carbocycles. The Balaban J connectivity index is 1.32. The molecule has 0 spiro atoms. The number of carbonyl (C=O) groups is 2. The lowest BCUT2D eigenvalue weighted by Gasteiger charge is -2.39. The van der Waals surface area contributed by atoms with Crippen LogP contribution in [0.1, 0.15) is 27.9 Å². The minimum absolute atomic E-state index is 0.00321. The van der Waals surface area contributed by atoms with E-state index < -0.39 is 15.9 Å². The fourth-order valence-corrected chi connectivity index (χ4v) is 5.25. The highest BCUT2D eigenvalue weighted by Gasteiger charge is 2.41. The summed E-state index contributed by atoms with van der Waals surface area (Å²) in [5.41, 5.74) is 2.25. The van der Waals surface area contributed by atoms with E-state index in [-0.39, 0.29) is 35.4 Å². The molecule has 29 heavy (non-hydrogen) atoms. The van der Waals surface area contributed by atoms with Crippen molar-refractivity contribution in [3.8, 4) is 5.75 Å². The van der Waals surface area contributed by atoms with Crippen molar-refractivity contribution in [3.05, 3.63) is 59.2 Å². The zero-order valence-corrected chi connectivity index (χ0v) is 17.1. The lowest BCUT2D eigenvalue weighted by Crippen LogP contribution is -2.56. The molecule has 0 aliphatic carbocycles. The number of aryl methyl sites for hydroxylation is 2. The molecule has 0 radical (unpaired) electrons. The van der Waals surface area contributed by atoms with Crippen molar-refractivity contribution >= 4 is 21.8 Å². The zero-order valence-electron chi connectivity index (χ0n) is 16.3. The van der Waals surface area contributed by atoms with Gasteiger partial charge in [0.1, 0.15) is 16.7 Å². The van der Waals surface area contributed by atoms with Crippen LogP contribution < -0.4 is 4.74 Å². The average molecular weight is 414 g/mol. The fraction of sp³-hybridized carbons (Fsp3) is 0.333. The number of fused-ring (bicyclic) bond motifs is 1. The Kier molecular flexibility index (Phi) is 4.82. The van der Waals surface area contributed by atoms with Crippen molar-refractivity contribution in [1.29, 1.82) is 0 Å². The van der Waals surface area contributed by atoms with Crippen LogP contribution in [-0.4, -0.2) is 55.2 Å². The molecule has 4 rings (SSSR count). The third-order valence-electron chi connectivity index (χ3n) is 5.33. The maximum Gasteiger partial charge on any atom is 0.269 e. The first-order valence-corrected chi connectivity index (χ1v) is 10.9. The van der Waals surface area contributed by atoms with Crippen LogP contribution in [0.3, 0.4) is 0 Å². The SMILES string of the molecule is Cc1cccc(C)c1OC1CN(C(=O)CCN2C(=O)c3ccccc3S2(=O)=O)C1. The van der Waals surface area contributed by atoms with Crippen LogP contribution in [0.15, 0.2) is 47.4 Å². The van der Waals surface area contributed by atoms with Gasteiger partial charge in [-0.05, 0) is 37.1 Å². The summed E-state index contributed by atoms with van der Waals surface area (Å²) < 4.78 is 31.9. The summed E-state index contributed by atoms with van der Waals surface area (Å²) in [5.74, 6) is 0.0784. The summed E-state index contributed by atoms with van der Waals surface area (Å²) in [6.07, 6.45) is -0.130. The van der Waals surface area contributed by atoms with E-state index in [4.69, 9.17) is 4.74 Å². The summed E-state index contributed by atoms with van der Waals surface area (Å²) in [6.45, 7) is 4.71. The normalized spacial score (nSPS) is 17.8. The number of hydrogen-bond acceptors (Lipinski definition) is 5. The Hall–Kier alpha value is -2.87. The number of carbonyl (C=O) groups excluding carboxylic acids is 2. The Morgan fingerprint density at radius 3 is 2.38 bits per heavy atom. The van der Waals surface area contributed by atoms with Gasteiger partial charge in [-0.2, -0.15) is 0 Å². The quantitative estimate of drug-likeness (QED) is 0.748. The lowest BCUT2D eigenvalue weighted by atomic mass is 10.1. The third kappa shape index (κ3) is 3.37. The van der Waals surface area contributed by atoms with Gasteiger partial charge in [0.05, 0.1) is 18.7 Å². The number of hydrogen-bond donors (Lipinski definition) is 0. The number of amides is 2. The second-order valence-electron chi connectivity index (χ2n) is 7.39. The zero-order chi connectivity index (χ0) is 20.8. The molecule has 2 aliphatic rings. The van der Waals surface area contributed by atoms with Gasteiger partial charge in [0, 0.05) is 13.0 Å². The second-order valence-corrected chi connectivity index (χ2v) is 9.22. The Morgan fingerprint density at radius 2 is 1.72 bits per heavy atom. The van der Waals surface area contributed by atoms with Gasteiger partial charge in [0.15, 0.2) is 0 Å². The van der Waals surface area contributed by atoms with E-state index in [1.165, 1.54) is 12.1 Å². The van der Waals surface area contributed by atoms with Crippen molar-refractivity contribution in [2.75, 3.05) is 19.6 Å². The first-order chi connectivity index (χ1) is 13.8. The Labute approximate surface area is 169 Å². The van der Waals surface area contributed by atoms with E-state index in [0.717, 1.165) is 21.2 Å². The van der Waals surface area contributed by atoms with E-state index in [1.54, 1.807) is 17.0 Å². The van der Waals surface area contributed by atoms with Crippen molar-refractivity contribution < 1.29 is 22.7 Å². The second kappa shape index (κ2) is 7.18. The molecule has 2 amide bonds. The number of rotatable bonds is 5. The summed E-state index contributed by atoms with van der Waals surface area (Å²) in [7, 11) is -3.88.